The van der Waals surface area contributed by atoms with E-state index in [0.717, 1.165) is 19.5 Å². The molecule has 0 aromatic heterocycles. The number of nitro groups is 1. The average Bonchev–Trinajstić information content (AvgIpc) is 2.62. The third-order valence-corrected chi connectivity index (χ3v) is 4.86. The second kappa shape index (κ2) is 6.92. The zero-order chi connectivity index (χ0) is 16.2. The van der Waals surface area contributed by atoms with Gasteiger partial charge in [0, 0.05) is 24.7 Å². The van der Waals surface area contributed by atoms with Crippen LogP contribution in [0.1, 0.15) is 42.9 Å². The number of piperidine rings is 1. The van der Waals surface area contributed by atoms with Gasteiger partial charge in [-0.2, -0.15) is 0 Å². The van der Waals surface area contributed by atoms with Gasteiger partial charge in [-0.3, -0.25) is 15.0 Å². The van der Waals surface area contributed by atoms with Gasteiger partial charge in [0.05, 0.1) is 4.92 Å². The van der Waals surface area contributed by atoms with Gasteiger partial charge < -0.3 is 0 Å². The van der Waals surface area contributed by atoms with Crippen molar-refractivity contribution in [3.63, 3.8) is 0 Å². The molecule has 0 N–H and O–H groups in total. The average molecular weight is 310 g/mol. The van der Waals surface area contributed by atoms with Crippen LogP contribution in [0.3, 0.4) is 0 Å². The molecule has 1 saturated heterocycles. The number of likely N-dealkylation sites (tertiary alicyclic amines) is 1. The molecule has 1 aliphatic heterocycles. The Balaban J connectivity index is 1.71. The van der Waals surface area contributed by atoms with Crippen LogP contribution in [0.5, 0.6) is 0 Å². The Morgan fingerprint density at radius 3 is 2.48 bits per heavy atom. The molecule has 2 aromatic carbocycles. The summed E-state index contributed by atoms with van der Waals surface area (Å²) in [6.07, 6.45) is 2.31. The molecule has 0 saturated carbocycles. The maximum atomic E-state index is 10.8. The summed E-state index contributed by atoms with van der Waals surface area (Å²) in [7, 11) is 0. The van der Waals surface area contributed by atoms with Gasteiger partial charge in [-0.15, -0.1) is 0 Å². The van der Waals surface area contributed by atoms with Crippen molar-refractivity contribution in [3.8, 4) is 0 Å². The number of non-ortho nitro benzene ring substituents is 1. The second-order valence-corrected chi connectivity index (χ2v) is 6.27. The highest BCUT2D eigenvalue weighted by Gasteiger charge is 2.25. The minimum atomic E-state index is -0.339. The molecular weight excluding hydrogens is 288 g/mol. The van der Waals surface area contributed by atoms with Crippen LogP contribution in [-0.2, 0) is 0 Å². The monoisotopic (exact) mass is 310 g/mol. The van der Waals surface area contributed by atoms with Gasteiger partial charge >= 0.3 is 0 Å². The predicted octanol–water partition coefficient (Wildman–Crippen LogP) is 4.54. The van der Waals surface area contributed by atoms with Crippen LogP contribution >= 0.6 is 0 Å². The van der Waals surface area contributed by atoms with Crippen LogP contribution in [0, 0.1) is 10.1 Å². The van der Waals surface area contributed by atoms with E-state index in [0.29, 0.717) is 12.0 Å². The van der Waals surface area contributed by atoms with Crippen molar-refractivity contribution in [2.45, 2.75) is 31.7 Å². The summed E-state index contributed by atoms with van der Waals surface area (Å²) in [5.41, 5.74) is 2.72. The molecule has 2 atom stereocenters. The number of hydrogen-bond acceptors (Lipinski definition) is 3. The molecule has 0 aliphatic carbocycles. The lowest BCUT2D eigenvalue weighted by atomic mass is 9.89. The van der Waals surface area contributed by atoms with E-state index in [1.807, 2.05) is 18.2 Å². The third-order valence-electron chi connectivity index (χ3n) is 4.86. The maximum Gasteiger partial charge on any atom is 0.269 e. The molecular formula is C19H22N2O2. The highest BCUT2D eigenvalue weighted by Crippen LogP contribution is 2.32. The van der Waals surface area contributed by atoms with Gasteiger partial charge in [0.2, 0.25) is 0 Å². The fourth-order valence-corrected chi connectivity index (χ4v) is 3.44. The van der Waals surface area contributed by atoms with Crippen molar-refractivity contribution >= 4 is 5.69 Å². The van der Waals surface area contributed by atoms with Gasteiger partial charge in [0.1, 0.15) is 0 Å². The van der Waals surface area contributed by atoms with E-state index in [9.17, 15) is 10.1 Å². The van der Waals surface area contributed by atoms with Crippen molar-refractivity contribution in [1.82, 2.24) is 4.90 Å². The Morgan fingerprint density at radius 2 is 1.83 bits per heavy atom. The molecule has 0 bridgehead atoms. The van der Waals surface area contributed by atoms with Gasteiger partial charge in [0.15, 0.2) is 0 Å². The summed E-state index contributed by atoms with van der Waals surface area (Å²) in [5.74, 6) is 0.454. The highest BCUT2D eigenvalue weighted by atomic mass is 16.6. The van der Waals surface area contributed by atoms with E-state index in [4.69, 9.17) is 0 Å². The fourth-order valence-electron chi connectivity index (χ4n) is 3.44. The van der Waals surface area contributed by atoms with Crippen molar-refractivity contribution in [2.24, 2.45) is 0 Å². The lowest BCUT2D eigenvalue weighted by Crippen LogP contribution is -2.36. The van der Waals surface area contributed by atoms with Crippen molar-refractivity contribution in [1.29, 1.82) is 0 Å². The minimum Gasteiger partial charge on any atom is -0.296 e. The molecule has 23 heavy (non-hydrogen) atoms. The molecule has 0 unspecified atom stereocenters. The van der Waals surface area contributed by atoms with E-state index >= 15 is 0 Å². The first kappa shape index (κ1) is 15.7. The molecule has 1 heterocycles. The van der Waals surface area contributed by atoms with E-state index in [1.54, 1.807) is 12.1 Å². The van der Waals surface area contributed by atoms with Crippen LogP contribution in [0.25, 0.3) is 0 Å². The number of nitrogens with zero attached hydrogens (tertiary/aromatic N) is 2. The van der Waals surface area contributed by atoms with Crippen LogP contribution in [0.4, 0.5) is 5.69 Å². The zero-order valence-corrected chi connectivity index (χ0v) is 13.4. The first-order valence-electron chi connectivity index (χ1n) is 8.18. The number of nitro benzene ring substituents is 1. The predicted molar refractivity (Wildman–Crippen MR) is 91.5 cm³/mol. The molecule has 0 spiro atoms. The molecule has 1 fully saturated rings. The van der Waals surface area contributed by atoms with E-state index in [-0.39, 0.29) is 10.6 Å². The SMILES string of the molecule is C[C@@H](c1ccccc1)N1CCC[C@@H](c2ccc([N+](=O)[O-])cc2)C1. The first-order chi connectivity index (χ1) is 11.1. The quantitative estimate of drug-likeness (QED) is 0.615. The van der Waals surface area contributed by atoms with Gasteiger partial charge in [-0.25, -0.2) is 0 Å². The number of rotatable bonds is 4. The Labute approximate surface area is 136 Å². The summed E-state index contributed by atoms with van der Waals surface area (Å²) in [6.45, 7) is 4.38. The summed E-state index contributed by atoms with van der Waals surface area (Å²) >= 11 is 0. The molecule has 4 heteroatoms. The lowest BCUT2D eigenvalue weighted by molar-refractivity contribution is -0.384. The van der Waals surface area contributed by atoms with Crippen LogP contribution in [0.2, 0.25) is 0 Å². The van der Waals surface area contributed by atoms with Gasteiger partial charge in [0.25, 0.3) is 5.69 Å². The molecule has 2 aromatic rings. The van der Waals surface area contributed by atoms with Crippen molar-refractivity contribution in [2.75, 3.05) is 13.1 Å². The smallest absolute Gasteiger partial charge is 0.269 e. The highest BCUT2D eigenvalue weighted by molar-refractivity contribution is 5.34. The van der Waals surface area contributed by atoms with Crippen LogP contribution < -0.4 is 0 Å². The Bertz CT molecular complexity index is 655. The molecule has 120 valence electrons. The molecule has 0 amide bonds. The summed E-state index contributed by atoms with van der Waals surface area (Å²) in [6, 6.07) is 18.1. The third kappa shape index (κ3) is 3.59. The van der Waals surface area contributed by atoms with Crippen LogP contribution in [-0.4, -0.2) is 22.9 Å². The maximum absolute atomic E-state index is 10.8. The zero-order valence-electron chi connectivity index (χ0n) is 13.4. The van der Waals surface area contributed by atoms with E-state index in [1.165, 1.54) is 17.5 Å². The summed E-state index contributed by atoms with van der Waals surface area (Å²) < 4.78 is 0. The lowest BCUT2D eigenvalue weighted by Gasteiger charge is -2.37. The van der Waals surface area contributed by atoms with Crippen molar-refractivity contribution in [3.05, 3.63) is 75.8 Å². The minimum absolute atomic E-state index is 0.166. The topological polar surface area (TPSA) is 46.4 Å². The molecule has 1 aliphatic rings. The molecule has 0 radical (unpaired) electrons. The number of benzene rings is 2. The summed E-state index contributed by atoms with van der Waals surface area (Å²) in [4.78, 5) is 13.0. The van der Waals surface area contributed by atoms with E-state index < -0.39 is 0 Å². The fraction of sp³-hybridized carbons (Fsp3) is 0.368. The van der Waals surface area contributed by atoms with Crippen molar-refractivity contribution < 1.29 is 4.92 Å². The van der Waals surface area contributed by atoms with Gasteiger partial charge in [-0.1, -0.05) is 42.5 Å². The Hall–Kier alpha value is -2.20. The second-order valence-electron chi connectivity index (χ2n) is 6.27. The van der Waals surface area contributed by atoms with E-state index in [2.05, 4.69) is 36.1 Å². The Kier molecular flexibility index (Phi) is 4.72. The molecule has 3 rings (SSSR count). The normalized spacial score (nSPS) is 20.1. The largest absolute Gasteiger partial charge is 0.296 e. The first-order valence-corrected chi connectivity index (χ1v) is 8.18. The Morgan fingerprint density at radius 1 is 1.13 bits per heavy atom. The summed E-state index contributed by atoms with van der Waals surface area (Å²) in [5, 5.41) is 10.8. The van der Waals surface area contributed by atoms with Gasteiger partial charge in [-0.05, 0) is 43.4 Å². The standard InChI is InChI=1S/C19H22N2O2/c1-15(16-6-3-2-4-7-16)20-13-5-8-18(14-20)17-9-11-19(12-10-17)21(22)23/h2-4,6-7,9-12,15,18H,5,8,13-14H2,1H3/t15-,18+/m0/s1. The number of hydrogen-bond donors (Lipinski definition) is 0. The molecule has 4 nitrogen and oxygen atoms in total. The van der Waals surface area contributed by atoms with Crippen LogP contribution in [0.15, 0.2) is 54.6 Å².